The lowest BCUT2D eigenvalue weighted by atomic mass is 9.97. The molecule has 25 heavy (non-hydrogen) atoms. The molecular formula is C19H23N3O3. The maximum atomic E-state index is 12.9. The average molecular weight is 341 g/mol. The molecule has 1 amide bonds. The van der Waals surface area contributed by atoms with E-state index in [9.17, 15) is 9.59 Å². The SMILES string of the molecule is Cc1ccc(-c2cc(C(=O)N3CCCCC3CCC(=O)O)[nH]n2)cc1. The predicted molar refractivity (Wildman–Crippen MR) is 94.3 cm³/mol. The highest BCUT2D eigenvalue weighted by molar-refractivity contribution is 5.93. The van der Waals surface area contributed by atoms with Crippen molar-refractivity contribution >= 4 is 11.9 Å². The number of nitrogens with zero attached hydrogens (tertiary/aromatic N) is 2. The van der Waals surface area contributed by atoms with Crippen LogP contribution in [0, 0.1) is 6.92 Å². The Labute approximate surface area is 146 Å². The fourth-order valence-corrected chi connectivity index (χ4v) is 3.32. The van der Waals surface area contributed by atoms with Crippen LogP contribution in [0.15, 0.2) is 30.3 Å². The van der Waals surface area contributed by atoms with Gasteiger partial charge in [-0.25, -0.2) is 0 Å². The number of nitrogens with one attached hydrogen (secondary N) is 1. The van der Waals surface area contributed by atoms with E-state index in [1.165, 1.54) is 5.56 Å². The van der Waals surface area contributed by atoms with Gasteiger partial charge in [0, 0.05) is 24.6 Å². The first kappa shape index (κ1) is 17.2. The molecule has 1 aliphatic rings. The van der Waals surface area contributed by atoms with Gasteiger partial charge < -0.3 is 10.0 Å². The van der Waals surface area contributed by atoms with E-state index in [2.05, 4.69) is 10.2 Å². The Balaban J connectivity index is 1.75. The topological polar surface area (TPSA) is 86.3 Å². The van der Waals surface area contributed by atoms with Gasteiger partial charge in [-0.05, 0) is 38.7 Å². The van der Waals surface area contributed by atoms with Gasteiger partial charge in [-0.3, -0.25) is 14.7 Å². The number of H-pyrrole nitrogens is 1. The maximum Gasteiger partial charge on any atom is 0.303 e. The molecule has 0 radical (unpaired) electrons. The minimum Gasteiger partial charge on any atom is -0.481 e. The Bertz CT molecular complexity index is 752. The number of carbonyl (C=O) groups is 2. The van der Waals surface area contributed by atoms with Gasteiger partial charge in [0.1, 0.15) is 5.69 Å². The van der Waals surface area contributed by atoms with Crippen LogP contribution in [0.5, 0.6) is 0 Å². The normalized spacial score (nSPS) is 17.5. The van der Waals surface area contributed by atoms with Gasteiger partial charge in [-0.2, -0.15) is 5.10 Å². The molecule has 1 aromatic carbocycles. The molecular weight excluding hydrogens is 318 g/mol. The summed E-state index contributed by atoms with van der Waals surface area (Å²) in [5.74, 6) is -0.915. The Morgan fingerprint density at radius 1 is 1.28 bits per heavy atom. The Morgan fingerprint density at radius 3 is 2.76 bits per heavy atom. The van der Waals surface area contributed by atoms with Crippen molar-refractivity contribution in [1.82, 2.24) is 15.1 Å². The summed E-state index contributed by atoms with van der Waals surface area (Å²) in [5.41, 5.74) is 3.33. The molecule has 0 aliphatic carbocycles. The second-order valence-corrected chi connectivity index (χ2v) is 6.61. The first-order valence-corrected chi connectivity index (χ1v) is 8.70. The number of aliphatic carboxylic acids is 1. The van der Waals surface area contributed by atoms with E-state index in [1.54, 1.807) is 11.0 Å². The van der Waals surface area contributed by atoms with Gasteiger partial charge in [-0.1, -0.05) is 29.8 Å². The van der Waals surface area contributed by atoms with E-state index < -0.39 is 5.97 Å². The molecule has 2 aromatic rings. The Hall–Kier alpha value is -2.63. The molecule has 6 nitrogen and oxygen atoms in total. The summed E-state index contributed by atoms with van der Waals surface area (Å²) < 4.78 is 0. The zero-order valence-electron chi connectivity index (χ0n) is 14.4. The van der Waals surface area contributed by atoms with Gasteiger partial charge in [-0.15, -0.1) is 0 Å². The van der Waals surface area contributed by atoms with Crippen molar-refractivity contribution in [3.63, 3.8) is 0 Å². The maximum absolute atomic E-state index is 12.9. The largest absolute Gasteiger partial charge is 0.481 e. The molecule has 2 heterocycles. The van der Waals surface area contributed by atoms with Gasteiger partial charge in [0.25, 0.3) is 5.91 Å². The zero-order chi connectivity index (χ0) is 17.8. The summed E-state index contributed by atoms with van der Waals surface area (Å²) in [6.45, 7) is 2.69. The van der Waals surface area contributed by atoms with Crippen LogP contribution >= 0.6 is 0 Å². The summed E-state index contributed by atoms with van der Waals surface area (Å²) in [7, 11) is 0. The lowest BCUT2D eigenvalue weighted by Crippen LogP contribution is -2.44. The van der Waals surface area contributed by atoms with Gasteiger partial charge in [0.15, 0.2) is 0 Å². The number of carbonyl (C=O) groups excluding carboxylic acids is 1. The van der Waals surface area contributed by atoms with Crippen molar-refractivity contribution in [2.45, 2.75) is 45.1 Å². The highest BCUT2D eigenvalue weighted by Crippen LogP contribution is 2.24. The van der Waals surface area contributed by atoms with Gasteiger partial charge in [0.05, 0.1) is 5.69 Å². The number of rotatable bonds is 5. The van der Waals surface area contributed by atoms with E-state index in [-0.39, 0.29) is 18.4 Å². The summed E-state index contributed by atoms with van der Waals surface area (Å²) in [6, 6.07) is 9.75. The highest BCUT2D eigenvalue weighted by Gasteiger charge is 2.28. The van der Waals surface area contributed by atoms with Crippen LogP contribution in [-0.2, 0) is 4.79 Å². The van der Waals surface area contributed by atoms with E-state index in [0.29, 0.717) is 18.7 Å². The van der Waals surface area contributed by atoms with Crippen LogP contribution in [0.2, 0.25) is 0 Å². The number of aryl methyl sites for hydroxylation is 1. The molecule has 2 N–H and O–H groups in total. The van der Waals surface area contributed by atoms with Crippen molar-refractivity contribution in [2.75, 3.05) is 6.54 Å². The predicted octanol–water partition coefficient (Wildman–Crippen LogP) is 3.24. The molecule has 3 rings (SSSR count). The van der Waals surface area contributed by atoms with Crippen LogP contribution < -0.4 is 0 Å². The number of carboxylic acids is 1. The second-order valence-electron chi connectivity index (χ2n) is 6.61. The van der Waals surface area contributed by atoms with Crippen LogP contribution in [0.1, 0.15) is 48.2 Å². The zero-order valence-corrected chi connectivity index (χ0v) is 14.4. The number of carboxylic acid groups (broad SMARTS) is 1. The first-order valence-electron chi connectivity index (χ1n) is 8.70. The van der Waals surface area contributed by atoms with Crippen molar-refractivity contribution in [3.05, 3.63) is 41.6 Å². The van der Waals surface area contributed by atoms with Crippen molar-refractivity contribution < 1.29 is 14.7 Å². The smallest absolute Gasteiger partial charge is 0.303 e. The minimum absolute atomic E-state index is 0.0107. The molecule has 6 heteroatoms. The summed E-state index contributed by atoms with van der Waals surface area (Å²) in [4.78, 5) is 25.5. The Kier molecular flexibility index (Phi) is 5.16. The van der Waals surface area contributed by atoms with E-state index in [0.717, 1.165) is 30.5 Å². The number of amides is 1. The third-order valence-electron chi connectivity index (χ3n) is 4.74. The molecule has 1 aliphatic heterocycles. The summed E-state index contributed by atoms with van der Waals surface area (Å²) >= 11 is 0. The number of aromatic amines is 1. The molecule has 1 atom stereocenters. The molecule has 1 fully saturated rings. The van der Waals surface area contributed by atoms with Crippen LogP contribution in [0.4, 0.5) is 0 Å². The number of likely N-dealkylation sites (tertiary alicyclic amines) is 1. The lowest BCUT2D eigenvalue weighted by molar-refractivity contribution is -0.137. The minimum atomic E-state index is -0.818. The Morgan fingerprint density at radius 2 is 2.04 bits per heavy atom. The van der Waals surface area contributed by atoms with Crippen LogP contribution in [-0.4, -0.2) is 44.7 Å². The fourth-order valence-electron chi connectivity index (χ4n) is 3.32. The third-order valence-corrected chi connectivity index (χ3v) is 4.74. The number of hydrogen-bond donors (Lipinski definition) is 2. The molecule has 132 valence electrons. The highest BCUT2D eigenvalue weighted by atomic mass is 16.4. The first-order chi connectivity index (χ1) is 12.0. The molecule has 1 unspecified atom stereocenters. The molecule has 0 spiro atoms. The number of hydrogen-bond acceptors (Lipinski definition) is 3. The molecule has 0 saturated carbocycles. The fraction of sp³-hybridized carbons (Fsp3) is 0.421. The van der Waals surface area contributed by atoms with Crippen molar-refractivity contribution in [2.24, 2.45) is 0 Å². The lowest BCUT2D eigenvalue weighted by Gasteiger charge is -2.35. The summed E-state index contributed by atoms with van der Waals surface area (Å²) in [5, 5.41) is 16.0. The van der Waals surface area contributed by atoms with Gasteiger partial charge in [0.2, 0.25) is 0 Å². The van der Waals surface area contributed by atoms with E-state index in [1.807, 2.05) is 31.2 Å². The molecule has 1 saturated heterocycles. The summed E-state index contributed by atoms with van der Waals surface area (Å²) in [6.07, 6.45) is 3.43. The van der Waals surface area contributed by atoms with Gasteiger partial charge >= 0.3 is 5.97 Å². The van der Waals surface area contributed by atoms with Crippen LogP contribution in [0.25, 0.3) is 11.3 Å². The quantitative estimate of drug-likeness (QED) is 0.874. The monoisotopic (exact) mass is 341 g/mol. The van der Waals surface area contributed by atoms with E-state index in [4.69, 9.17) is 5.11 Å². The second kappa shape index (κ2) is 7.51. The molecule has 0 bridgehead atoms. The number of benzene rings is 1. The average Bonchev–Trinajstić information content (AvgIpc) is 3.10. The van der Waals surface area contributed by atoms with Crippen LogP contribution in [0.3, 0.4) is 0 Å². The van der Waals surface area contributed by atoms with Crippen molar-refractivity contribution in [3.8, 4) is 11.3 Å². The number of aromatic nitrogens is 2. The third kappa shape index (κ3) is 4.07. The number of piperidine rings is 1. The van der Waals surface area contributed by atoms with Crippen molar-refractivity contribution in [1.29, 1.82) is 0 Å². The van der Waals surface area contributed by atoms with E-state index >= 15 is 0 Å². The standard InChI is InChI=1S/C19H23N3O3/c1-13-5-7-14(8-6-13)16-12-17(21-20-16)19(25)22-11-3-2-4-15(22)9-10-18(23)24/h5-8,12,15H,2-4,9-11H2,1H3,(H,20,21)(H,23,24). The molecule has 1 aromatic heterocycles.